The molecule has 1 fully saturated rings. The van der Waals surface area contributed by atoms with Crippen LogP contribution >= 0.6 is 0 Å². The van der Waals surface area contributed by atoms with E-state index in [2.05, 4.69) is 130 Å². The van der Waals surface area contributed by atoms with Crippen LogP contribution < -0.4 is 5.32 Å². The predicted molar refractivity (Wildman–Crippen MR) is 286 cm³/mol. The molecule has 75 heavy (non-hydrogen) atoms. The molecule has 0 aliphatic carbocycles. The average molecular weight is 992 g/mol. The van der Waals surface area contributed by atoms with Crippen molar-refractivity contribution < 1.29 is 43.4 Å². The summed E-state index contributed by atoms with van der Waals surface area (Å²) in [7, 11) is 0. The van der Waals surface area contributed by atoms with Gasteiger partial charge in [-0.3, -0.25) is 4.79 Å². The lowest BCUT2D eigenvalue weighted by Crippen LogP contribution is -2.62. The van der Waals surface area contributed by atoms with Crippen LogP contribution in [0.15, 0.2) is 121 Å². The molecule has 0 aromatic heterocycles. The summed E-state index contributed by atoms with van der Waals surface area (Å²) in [6, 6.07) is 37.8. The Morgan fingerprint density at radius 3 is 1.39 bits per heavy atom. The highest BCUT2D eigenvalue weighted by Gasteiger charge is 2.49. The Balaban J connectivity index is 1.36. The first-order valence-electron chi connectivity index (χ1n) is 23.9. The van der Waals surface area contributed by atoms with E-state index in [0.717, 1.165) is 28.7 Å². The van der Waals surface area contributed by atoms with Crippen molar-refractivity contribution in [3.05, 3.63) is 144 Å². The van der Waals surface area contributed by atoms with Gasteiger partial charge >= 0.3 is 0 Å². The maximum absolute atomic E-state index is 13.3. The van der Waals surface area contributed by atoms with E-state index in [1.54, 1.807) is 0 Å². The van der Waals surface area contributed by atoms with Crippen LogP contribution in [0.1, 0.15) is 48.4 Å². The summed E-state index contributed by atoms with van der Waals surface area (Å²) >= 11 is 0. The molecule has 0 radical (unpaired) electrons. The van der Waals surface area contributed by atoms with E-state index in [1.165, 1.54) is 0 Å². The normalized spacial score (nSPS) is 16.6. The van der Waals surface area contributed by atoms with Gasteiger partial charge in [-0.2, -0.15) is 0 Å². The van der Waals surface area contributed by atoms with Gasteiger partial charge in [-0.15, -0.1) is 6.42 Å². The number of ether oxygens (including phenoxy) is 6. The minimum Gasteiger partial charge on any atom is -0.390 e. The molecule has 4 aromatic carbocycles. The number of terminal acetylenes is 1. The van der Waals surface area contributed by atoms with E-state index in [0.29, 0.717) is 13.0 Å². The first-order valence-corrected chi connectivity index (χ1v) is 23.9. The third-order valence-electron chi connectivity index (χ3n) is 10.6. The van der Waals surface area contributed by atoms with Crippen molar-refractivity contribution in [2.24, 2.45) is 0 Å². The molecule has 372 valence electrons. The molecule has 3 N–H and O–H groups in total. The fourth-order valence-corrected chi connectivity index (χ4v) is 7.02. The third kappa shape index (κ3) is 22.7. The minimum absolute atomic E-state index is 0.0811. The molecule has 1 saturated heterocycles. The Bertz CT molecular complexity index is 3150. The molecule has 0 spiro atoms. The molecule has 1 amide bonds. The fraction of sp³-hybridized carbons (Fsp3) is 0.277. The number of carbonyl (C=O) groups excluding carboxylic acids is 1. The van der Waals surface area contributed by atoms with Gasteiger partial charge in [-0.05, 0) is 123 Å². The molecule has 0 saturated carbocycles. The molecule has 10 heteroatoms. The van der Waals surface area contributed by atoms with E-state index in [9.17, 15) is 15.0 Å². The summed E-state index contributed by atoms with van der Waals surface area (Å²) in [4.78, 5) is 13.3. The molecule has 1 heterocycles. The Kier molecular flexibility index (Phi) is 26.9. The van der Waals surface area contributed by atoms with Crippen LogP contribution in [0, 0.1) is 131 Å². The van der Waals surface area contributed by atoms with Crippen molar-refractivity contribution in [2.75, 3.05) is 13.2 Å². The second-order valence-electron chi connectivity index (χ2n) is 16.1. The van der Waals surface area contributed by atoms with Crippen LogP contribution in [0.25, 0.3) is 0 Å². The summed E-state index contributed by atoms with van der Waals surface area (Å²) < 4.78 is 40.0. The van der Waals surface area contributed by atoms with E-state index >= 15 is 0 Å². The van der Waals surface area contributed by atoms with E-state index in [4.69, 9.17) is 34.8 Å². The van der Waals surface area contributed by atoms with Crippen molar-refractivity contribution in [3.8, 4) is 131 Å². The van der Waals surface area contributed by atoms with Gasteiger partial charge in [0.25, 0.3) is 5.91 Å². The molecular weight excluding hydrogens is 939 g/mol. The van der Waals surface area contributed by atoms with Gasteiger partial charge in [0, 0.05) is 29.6 Å². The highest BCUT2D eigenvalue weighted by Crippen LogP contribution is 2.32. The van der Waals surface area contributed by atoms with Crippen molar-refractivity contribution >= 4 is 5.91 Å². The number of benzene rings is 4. The number of amides is 1. The lowest BCUT2D eigenvalue weighted by atomic mass is 9.97. The highest BCUT2D eigenvalue weighted by molar-refractivity contribution is 5.94. The lowest BCUT2D eigenvalue weighted by molar-refractivity contribution is -0.329. The molecule has 5 unspecified atom stereocenters. The molecule has 0 bridgehead atoms. The highest BCUT2D eigenvalue weighted by atomic mass is 16.7. The largest absolute Gasteiger partial charge is 0.390 e. The number of unbranched alkanes of at least 4 members (excludes halogenated alkanes) is 1. The van der Waals surface area contributed by atoms with Crippen LogP contribution in [0.4, 0.5) is 0 Å². The van der Waals surface area contributed by atoms with Gasteiger partial charge in [0.15, 0.2) is 6.29 Å². The first-order chi connectivity index (χ1) is 36.9. The second-order valence-corrected chi connectivity index (χ2v) is 16.1. The van der Waals surface area contributed by atoms with Crippen LogP contribution in [0.3, 0.4) is 0 Å². The number of aliphatic hydroxyl groups excluding tert-OH is 2. The van der Waals surface area contributed by atoms with Crippen molar-refractivity contribution in [1.82, 2.24) is 5.32 Å². The number of nitrogens with one attached hydrogen (secondary N) is 1. The Hall–Kier alpha value is -8.81. The third-order valence-corrected chi connectivity index (χ3v) is 10.6. The molecule has 5 rings (SSSR count). The quantitative estimate of drug-likeness (QED) is 0.0844. The topological polar surface area (TPSA) is 125 Å². The van der Waals surface area contributed by atoms with Gasteiger partial charge in [0.05, 0.1) is 51.8 Å². The zero-order chi connectivity index (χ0) is 52.8. The fourth-order valence-electron chi connectivity index (χ4n) is 7.02. The van der Waals surface area contributed by atoms with Gasteiger partial charge in [0.2, 0.25) is 0 Å². The van der Waals surface area contributed by atoms with Crippen LogP contribution in [-0.4, -0.2) is 78.3 Å². The smallest absolute Gasteiger partial charge is 0.297 e. The monoisotopic (exact) mass is 991 g/mol. The predicted octanol–water partition coefficient (Wildman–Crippen LogP) is 5.76. The van der Waals surface area contributed by atoms with Gasteiger partial charge in [-0.25, -0.2) is 0 Å². The van der Waals surface area contributed by atoms with E-state index < -0.39 is 54.9 Å². The van der Waals surface area contributed by atoms with Gasteiger partial charge < -0.3 is 44.0 Å². The van der Waals surface area contributed by atoms with Crippen molar-refractivity contribution in [1.29, 1.82) is 0 Å². The molecule has 1 aliphatic heterocycles. The summed E-state index contributed by atoms with van der Waals surface area (Å²) in [6.07, 6.45) is -0.381. The summed E-state index contributed by atoms with van der Waals surface area (Å²) in [5.74, 6) is 51.0. The first kappa shape index (κ1) is 57.1. The molecular formula is C65H53NO9. The summed E-state index contributed by atoms with van der Waals surface area (Å²) in [6.45, 7) is 2.62. The number of aliphatic hydroxyl groups is 2. The Morgan fingerprint density at radius 2 is 0.947 bits per heavy atom. The molecule has 8 atom stereocenters. The van der Waals surface area contributed by atoms with Gasteiger partial charge in [-0.1, -0.05) is 141 Å². The maximum Gasteiger partial charge on any atom is 0.297 e. The van der Waals surface area contributed by atoms with Crippen molar-refractivity contribution in [3.63, 3.8) is 0 Å². The van der Waals surface area contributed by atoms with Gasteiger partial charge in [0.1, 0.15) is 30.5 Å². The SMILES string of the molecule is C#CC#CC#CC#CC#CC#CC#CC#CC#CC#CC#CC(=O)N[C@@H](COC1OC(COCc2ccccc2)C(OCc2ccccc2)C(OCc2ccccc2)C1OCc1ccccc1)[C@H](O)[C@H](O)CCCC. The van der Waals surface area contributed by atoms with Crippen molar-refractivity contribution in [2.45, 2.75) is 102 Å². The minimum atomic E-state index is -1.46. The second kappa shape index (κ2) is 35.3. The van der Waals surface area contributed by atoms with Crippen LogP contribution in [0.5, 0.6) is 0 Å². The van der Waals surface area contributed by atoms with E-state index in [-0.39, 0.29) is 39.5 Å². The Labute approximate surface area is 442 Å². The zero-order valence-corrected chi connectivity index (χ0v) is 41.4. The van der Waals surface area contributed by atoms with Crippen LogP contribution in [0.2, 0.25) is 0 Å². The molecule has 4 aromatic rings. The summed E-state index contributed by atoms with van der Waals surface area (Å²) in [5, 5.41) is 25.4. The number of carbonyl (C=O) groups is 1. The van der Waals surface area contributed by atoms with Crippen LogP contribution in [-0.2, 0) is 59.6 Å². The lowest BCUT2D eigenvalue weighted by Gasteiger charge is -2.46. The number of hydrogen-bond donors (Lipinski definition) is 3. The zero-order valence-electron chi connectivity index (χ0n) is 41.4. The molecule has 1 aliphatic rings. The number of hydrogen-bond acceptors (Lipinski definition) is 9. The van der Waals surface area contributed by atoms with E-state index in [1.807, 2.05) is 128 Å². The maximum atomic E-state index is 13.3. The standard InChI is InChI=1S/C65H53NO9/c1-3-5-7-8-9-10-11-12-13-14-15-16-17-18-19-20-21-22-23-36-46-60(68)66-57(61(69)58(67)45-6-4-2)51-74-65-64(73-50-56-43-34-27-35-44-56)63(72-49-55-41-32-26-33-42-55)62(71-48-54-39-30-25-31-40-54)59(75-65)52-70-47-53-37-28-24-29-38-53/h1,24-35,37-44,57-59,61-65,67,69H,4,6,45,47-52H2,2H3,(H,66,68)/t57-,58+,59?,61-,62?,63?,64?,65?/m0/s1. The molecule has 10 nitrogen and oxygen atoms in total. The summed E-state index contributed by atoms with van der Waals surface area (Å²) in [5.41, 5.74) is 3.73. The number of rotatable bonds is 22. The average Bonchev–Trinajstić information content (AvgIpc) is 3.44. The Morgan fingerprint density at radius 1 is 0.547 bits per heavy atom.